The Kier molecular flexibility index (Phi) is 5.05. The van der Waals surface area contributed by atoms with Gasteiger partial charge in [-0.3, -0.25) is 4.72 Å². The zero-order valence-electron chi connectivity index (χ0n) is 12.7. The summed E-state index contributed by atoms with van der Waals surface area (Å²) in [4.78, 5) is 4.52. The Labute approximate surface area is 156 Å². The molecule has 0 aliphatic rings. The lowest BCUT2D eigenvalue weighted by atomic mass is 10.3. The van der Waals surface area contributed by atoms with Crippen molar-refractivity contribution in [3.8, 4) is 5.75 Å². The molecule has 0 radical (unpaired) electrons. The molecule has 3 rings (SSSR count). The van der Waals surface area contributed by atoms with E-state index in [2.05, 4.69) is 25.6 Å². The second kappa shape index (κ2) is 6.91. The average molecular weight is 445 g/mol. The van der Waals surface area contributed by atoms with Gasteiger partial charge in [-0.15, -0.1) is 11.3 Å². The summed E-state index contributed by atoms with van der Waals surface area (Å²) in [5, 5.41) is 0. The number of thioether (sulfide) groups is 1. The first-order valence-electron chi connectivity index (χ1n) is 6.74. The van der Waals surface area contributed by atoms with E-state index in [1.807, 2.05) is 12.3 Å². The highest BCUT2D eigenvalue weighted by molar-refractivity contribution is 9.10. The molecule has 9 heteroatoms. The van der Waals surface area contributed by atoms with E-state index >= 15 is 0 Å². The number of rotatable bonds is 5. The molecule has 0 aliphatic heterocycles. The zero-order valence-corrected chi connectivity index (χ0v) is 16.8. The van der Waals surface area contributed by atoms with E-state index in [9.17, 15) is 8.42 Å². The van der Waals surface area contributed by atoms with Crippen molar-refractivity contribution in [2.45, 2.75) is 9.24 Å². The Morgan fingerprint density at radius 3 is 2.75 bits per heavy atom. The van der Waals surface area contributed by atoms with Crippen LogP contribution in [0.15, 0.2) is 50.1 Å². The fraction of sp³-hybridized carbons (Fsp3) is 0.133. The first-order chi connectivity index (χ1) is 11.4. The van der Waals surface area contributed by atoms with E-state index in [1.54, 1.807) is 36.0 Å². The number of sulfonamides is 1. The molecule has 2 aromatic carbocycles. The smallest absolute Gasteiger partial charge is 0.265 e. The molecule has 5 nitrogen and oxygen atoms in total. The highest BCUT2D eigenvalue weighted by atomic mass is 79.9. The minimum atomic E-state index is -3.77. The predicted molar refractivity (Wildman–Crippen MR) is 103 cm³/mol. The molecule has 0 unspecified atom stereocenters. The summed E-state index contributed by atoms with van der Waals surface area (Å²) in [5.74, 6) is 0.286. The summed E-state index contributed by atoms with van der Waals surface area (Å²) in [6, 6.07) is 10.1. The molecule has 1 N–H and O–H groups in total. The molecule has 0 spiro atoms. The third-order valence-corrected chi connectivity index (χ3v) is 7.11. The first-order valence-corrected chi connectivity index (χ1v) is 11.1. The van der Waals surface area contributed by atoms with E-state index in [4.69, 9.17) is 4.74 Å². The summed E-state index contributed by atoms with van der Waals surface area (Å²) < 4.78 is 35.7. The number of halogens is 1. The molecule has 3 aromatic rings. The number of methoxy groups -OCH3 is 1. The number of nitrogens with zero attached hydrogens (tertiary/aromatic N) is 1. The Morgan fingerprint density at radius 1 is 1.25 bits per heavy atom. The van der Waals surface area contributed by atoms with Crippen LogP contribution in [-0.4, -0.2) is 26.8 Å². The molecule has 24 heavy (non-hydrogen) atoms. The van der Waals surface area contributed by atoms with Gasteiger partial charge in [-0.1, -0.05) is 27.7 Å². The second-order valence-electron chi connectivity index (χ2n) is 4.77. The normalized spacial score (nSPS) is 11.6. The van der Waals surface area contributed by atoms with E-state index in [0.717, 1.165) is 14.6 Å². The third-order valence-electron chi connectivity index (χ3n) is 3.21. The van der Waals surface area contributed by atoms with Gasteiger partial charge in [0, 0.05) is 4.47 Å². The van der Waals surface area contributed by atoms with E-state index < -0.39 is 10.0 Å². The SMILES string of the molecule is COc1ccc(Br)cc1S(=O)(=O)Nc1ccc2nc(SC)sc2c1. The van der Waals surface area contributed by atoms with Gasteiger partial charge in [0.15, 0.2) is 4.34 Å². The van der Waals surface area contributed by atoms with Gasteiger partial charge in [0.05, 0.1) is 23.0 Å². The quantitative estimate of drug-likeness (QED) is 0.582. The molecule has 1 aromatic heterocycles. The van der Waals surface area contributed by atoms with Crippen LogP contribution in [0.5, 0.6) is 5.75 Å². The highest BCUT2D eigenvalue weighted by Gasteiger charge is 2.20. The number of hydrogen-bond acceptors (Lipinski definition) is 6. The summed E-state index contributed by atoms with van der Waals surface area (Å²) in [7, 11) is -2.33. The monoisotopic (exact) mass is 444 g/mol. The van der Waals surface area contributed by atoms with Crippen LogP contribution in [0, 0.1) is 0 Å². The molecule has 0 bridgehead atoms. The van der Waals surface area contributed by atoms with Crippen LogP contribution in [0.3, 0.4) is 0 Å². The number of hydrogen-bond donors (Lipinski definition) is 1. The van der Waals surface area contributed by atoms with Crippen LogP contribution in [0.4, 0.5) is 5.69 Å². The van der Waals surface area contributed by atoms with Gasteiger partial charge in [-0.05, 0) is 42.7 Å². The van der Waals surface area contributed by atoms with Crippen molar-refractivity contribution >= 4 is 65.0 Å². The molecule has 0 saturated carbocycles. The van der Waals surface area contributed by atoms with Crippen LogP contribution in [0.1, 0.15) is 0 Å². The van der Waals surface area contributed by atoms with E-state index in [0.29, 0.717) is 10.2 Å². The van der Waals surface area contributed by atoms with Gasteiger partial charge in [-0.2, -0.15) is 0 Å². The molecule has 126 valence electrons. The summed E-state index contributed by atoms with van der Waals surface area (Å²) in [6.07, 6.45) is 1.96. The maximum atomic E-state index is 12.7. The minimum Gasteiger partial charge on any atom is -0.495 e. The highest BCUT2D eigenvalue weighted by Crippen LogP contribution is 2.32. The molecule has 0 atom stereocenters. The van der Waals surface area contributed by atoms with Crippen molar-refractivity contribution in [3.05, 3.63) is 40.9 Å². The lowest BCUT2D eigenvalue weighted by molar-refractivity contribution is 0.403. The molecule has 0 saturated heterocycles. The predicted octanol–water partition coefficient (Wildman–Crippen LogP) is 4.59. The van der Waals surface area contributed by atoms with Gasteiger partial charge in [0.25, 0.3) is 10.0 Å². The van der Waals surface area contributed by atoms with E-state index in [1.165, 1.54) is 24.5 Å². The molecule has 0 aliphatic carbocycles. The maximum absolute atomic E-state index is 12.7. The summed E-state index contributed by atoms with van der Waals surface area (Å²) >= 11 is 6.38. The Bertz CT molecular complexity index is 1000. The van der Waals surface area contributed by atoms with Crippen molar-refractivity contribution in [3.63, 3.8) is 0 Å². The minimum absolute atomic E-state index is 0.0774. The zero-order chi connectivity index (χ0) is 17.3. The maximum Gasteiger partial charge on any atom is 0.265 e. The Hall–Kier alpha value is -1.29. The lowest BCUT2D eigenvalue weighted by Crippen LogP contribution is -2.14. The fourth-order valence-electron chi connectivity index (χ4n) is 2.12. The number of ether oxygens (including phenoxy) is 1. The summed E-state index contributed by atoms with van der Waals surface area (Å²) in [6.45, 7) is 0. The third kappa shape index (κ3) is 3.53. The summed E-state index contributed by atoms with van der Waals surface area (Å²) in [5.41, 5.74) is 1.34. The van der Waals surface area contributed by atoms with Crippen molar-refractivity contribution in [1.82, 2.24) is 4.98 Å². The number of thiazole rings is 1. The molecular formula is C15H13BrN2O3S3. The number of benzene rings is 2. The van der Waals surface area contributed by atoms with Crippen molar-refractivity contribution < 1.29 is 13.2 Å². The molecule has 0 fully saturated rings. The van der Waals surface area contributed by atoms with Crippen LogP contribution in [0.25, 0.3) is 10.2 Å². The topological polar surface area (TPSA) is 68.3 Å². The molecule has 1 heterocycles. The van der Waals surface area contributed by atoms with Gasteiger partial charge < -0.3 is 4.74 Å². The first kappa shape index (κ1) is 17.5. The van der Waals surface area contributed by atoms with Crippen LogP contribution >= 0.6 is 39.0 Å². The molecule has 0 amide bonds. The van der Waals surface area contributed by atoms with Gasteiger partial charge in [0.1, 0.15) is 10.6 Å². The number of fused-ring (bicyclic) bond motifs is 1. The van der Waals surface area contributed by atoms with Crippen molar-refractivity contribution in [1.29, 1.82) is 0 Å². The van der Waals surface area contributed by atoms with Gasteiger partial charge >= 0.3 is 0 Å². The van der Waals surface area contributed by atoms with Crippen molar-refractivity contribution in [2.75, 3.05) is 18.1 Å². The van der Waals surface area contributed by atoms with Crippen molar-refractivity contribution in [2.24, 2.45) is 0 Å². The fourth-order valence-corrected chi connectivity index (χ4v) is 5.41. The standard InChI is InChI=1S/C15H13BrN2O3S3/c1-21-12-6-3-9(16)7-14(12)24(19,20)18-10-4-5-11-13(8-10)23-15(17-11)22-2/h3-8,18H,1-2H3. The van der Waals surface area contributed by atoms with Gasteiger partial charge in [0.2, 0.25) is 0 Å². The van der Waals surface area contributed by atoms with Crippen LogP contribution < -0.4 is 9.46 Å². The lowest BCUT2D eigenvalue weighted by Gasteiger charge is -2.12. The van der Waals surface area contributed by atoms with Crippen LogP contribution in [-0.2, 0) is 10.0 Å². The van der Waals surface area contributed by atoms with E-state index in [-0.39, 0.29) is 10.6 Å². The van der Waals surface area contributed by atoms with Crippen LogP contribution in [0.2, 0.25) is 0 Å². The number of anilines is 1. The average Bonchev–Trinajstić information content (AvgIpc) is 2.97. The molecular weight excluding hydrogens is 432 g/mol. The number of aromatic nitrogens is 1. The second-order valence-corrected chi connectivity index (χ2v) is 9.42. The Morgan fingerprint density at radius 2 is 2.04 bits per heavy atom. The number of nitrogens with one attached hydrogen (secondary N) is 1. The van der Waals surface area contributed by atoms with Gasteiger partial charge in [-0.25, -0.2) is 13.4 Å². The largest absolute Gasteiger partial charge is 0.495 e. The Balaban J connectivity index is 1.99.